The minimum Gasteiger partial charge on any atom is -0.212 e. The monoisotopic (exact) mass is 199 g/mol. The van der Waals surface area contributed by atoms with Crippen LogP contribution in [0.2, 0.25) is 0 Å². The van der Waals surface area contributed by atoms with Crippen molar-refractivity contribution in [1.82, 2.24) is 14.6 Å². The molecule has 0 aliphatic carbocycles. The molecule has 1 N–H and O–H groups in total. The number of H-pyrrole nitrogens is 1. The lowest BCUT2D eigenvalue weighted by molar-refractivity contribution is -0.687. The van der Waals surface area contributed by atoms with Gasteiger partial charge >= 0.3 is 16.3 Å². The predicted molar refractivity (Wildman–Crippen MR) is 45.8 cm³/mol. The summed E-state index contributed by atoms with van der Waals surface area (Å²) in [5.41, 5.74) is 0.638. The highest BCUT2D eigenvalue weighted by molar-refractivity contribution is 7.14. The molecule has 0 fully saturated rings. The Morgan fingerprint density at radius 2 is 2.46 bits per heavy atom. The molecule has 2 heterocycles. The van der Waals surface area contributed by atoms with Gasteiger partial charge in [-0.05, 0) is 18.3 Å². The molecule has 0 aliphatic rings. The van der Waals surface area contributed by atoms with Gasteiger partial charge in [-0.2, -0.15) is 9.55 Å². The Morgan fingerprint density at radius 3 is 3.15 bits per heavy atom. The normalized spacial score (nSPS) is 10.8. The van der Waals surface area contributed by atoms with Crippen LogP contribution in [0, 0.1) is 0 Å². The molecule has 2 aromatic rings. The third kappa shape index (κ3) is 1.08. The molecular weight excluding hydrogens is 192 g/mol. The van der Waals surface area contributed by atoms with Gasteiger partial charge in [0.2, 0.25) is 0 Å². The number of nitrogens with zero attached hydrogens (tertiary/aromatic N) is 3. The van der Waals surface area contributed by atoms with Gasteiger partial charge in [-0.15, -0.1) is 0 Å². The van der Waals surface area contributed by atoms with Crippen molar-refractivity contribution in [3.8, 4) is 0 Å². The Kier molecular flexibility index (Phi) is 1.73. The first-order valence-corrected chi connectivity index (χ1v) is 4.60. The van der Waals surface area contributed by atoms with E-state index < -0.39 is 11.4 Å². The average molecular weight is 199 g/mol. The number of aromatic amines is 1. The Balaban J connectivity index is 3.06. The largest absolute Gasteiger partial charge is 0.471 e. The van der Waals surface area contributed by atoms with Gasteiger partial charge in [0, 0.05) is 0 Å². The topological polar surface area (TPSA) is 71.1 Å². The molecule has 68 valence electrons. The molecule has 0 saturated heterocycles. The molecular formula is C6H7N4O2S+. The molecule has 0 amide bonds. The quantitative estimate of drug-likeness (QED) is 0.583. The van der Waals surface area contributed by atoms with Crippen molar-refractivity contribution in [3.63, 3.8) is 0 Å². The minimum absolute atomic E-state index is 0.392. The smallest absolute Gasteiger partial charge is 0.212 e. The second kappa shape index (κ2) is 2.77. The molecule has 0 aliphatic heterocycles. The predicted octanol–water partition coefficient (Wildman–Crippen LogP) is -1.25. The highest BCUT2D eigenvalue weighted by Crippen LogP contribution is 1.96. The summed E-state index contributed by atoms with van der Waals surface area (Å²) >= 11 is 1.26. The van der Waals surface area contributed by atoms with E-state index in [0.717, 1.165) is 0 Å². The molecule has 2 rings (SSSR count). The van der Waals surface area contributed by atoms with Gasteiger partial charge in [-0.25, -0.2) is 9.59 Å². The average Bonchev–Trinajstić information content (AvgIpc) is 2.53. The van der Waals surface area contributed by atoms with E-state index in [-0.39, 0.29) is 0 Å². The van der Waals surface area contributed by atoms with Crippen molar-refractivity contribution in [2.45, 2.75) is 13.5 Å². The lowest BCUT2D eigenvalue weighted by atomic mass is 10.7. The molecule has 6 nitrogen and oxygen atoms in total. The van der Waals surface area contributed by atoms with Crippen LogP contribution in [0.25, 0.3) is 4.96 Å². The molecule has 0 unspecified atom stereocenters. The van der Waals surface area contributed by atoms with E-state index in [2.05, 4.69) is 10.1 Å². The van der Waals surface area contributed by atoms with Gasteiger partial charge in [0.05, 0.1) is 6.54 Å². The van der Waals surface area contributed by atoms with Gasteiger partial charge in [-0.1, -0.05) is 9.61 Å². The van der Waals surface area contributed by atoms with Crippen LogP contribution in [0.3, 0.4) is 0 Å². The maximum absolute atomic E-state index is 11.3. The zero-order chi connectivity index (χ0) is 9.42. The Morgan fingerprint density at radius 1 is 1.69 bits per heavy atom. The zero-order valence-electron chi connectivity index (χ0n) is 6.85. The van der Waals surface area contributed by atoms with Gasteiger partial charge in [-0.3, -0.25) is 0 Å². The first kappa shape index (κ1) is 8.11. The van der Waals surface area contributed by atoms with Crippen LogP contribution in [0.1, 0.15) is 6.92 Å². The highest BCUT2D eigenvalue weighted by Gasteiger charge is 2.14. The molecule has 0 aromatic carbocycles. The number of hydrogen-bond donors (Lipinski definition) is 1. The van der Waals surface area contributed by atoms with Crippen LogP contribution in [0.15, 0.2) is 15.1 Å². The van der Waals surface area contributed by atoms with E-state index in [0.29, 0.717) is 11.5 Å². The molecule has 2 aromatic heterocycles. The van der Waals surface area contributed by atoms with Crippen LogP contribution in [-0.2, 0) is 6.54 Å². The van der Waals surface area contributed by atoms with Crippen LogP contribution < -0.4 is 15.9 Å². The summed E-state index contributed by atoms with van der Waals surface area (Å²) < 4.78 is 2.63. The Labute approximate surface area is 76.1 Å². The molecule has 7 heteroatoms. The van der Waals surface area contributed by atoms with E-state index in [1.165, 1.54) is 25.9 Å². The van der Waals surface area contributed by atoms with Gasteiger partial charge < -0.3 is 0 Å². The van der Waals surface area contributed by atoms with E-state index >= 15 is 0 Å². The van der Waals surface area contributed by atoms with Gasteiger partial charge in [0.1, 0.15) is 5.51 Å². The number of fused-ring (bicyclic) bond motifs is 1. The molecule has 13 heavy (non-hydrogen) atoms. The summed E-state index contributed by atoms with van der Waals surface area (Å²) in [7, 11) is 0. The third-order valence-electron chi connectivity index (χ3n) is 1.70. The number of nitrogens with one attached hydrogen (secondary N) is 1. The van der Waals surface area contributed by atoms with Crippen molar-refractivity contribution < 1.29 is 4.57 Å². The van der Waals surface area contributed by atoms with E-state index in [4.69, 9.17) is 0 Å². The Hall–Kier alpha value is -1.50. The highest BCUT2D eigenvalue weighted by atomic mass is 32.1. The zero-order valence-corrected chi connectivity index (χ0v) is 7.67. The fourth-order valence-corrected chi connectivity index (χ4v) is 1.92. The molecule has 0 atom stereocenters. The van der Waals surface area contributed by atoms with Crippen molar-refractivity contribution in [2.24, 2.45) is 0 Å². The first-order valence-electron chi connectivity index (χ1n) is 3.72. The summed E-state index contributed by atoms with van der Waals surface area (Å²) in [5, 5.41) is 3.80. The van der Waals surface area contributed by atoms with Gasteiger partial charge in [0.15, 0.2) is 0 Å². The Bertz CT molecular complexity index is 551. The van der Waals surface area contributed by atoms with Crippen molar-refractivity contribution in [1.29, 1.82) is 0 Å². The minimum atomic E-state index is -0.494. The SMILES string of the molecule is CC[n+]1c(=O)[nH]c(=O)n2ncsc21. The molecule has 0 bridgehead atoms. The second-order valence-corrected chi connectivity index (χ2v) is 3.22. The van der Waals surface area contributed by atoms with Crippen molar-refractivity contribution >= 4 is 16.3 Å². The summed E-state index contributed by atoms with van der Waals surface area (Å²) in [6.45, 7) is 2.35. The maximum atomic E-state index is 11.3. The first-order chi connectivity index (χ1) is 6.24. The van der Waals surface area contributed by atoms with E-state index in [1.54, 1.807) is 0 Å². The summed E-state index contributed by atoms with van der Waals surface area (Å²) in [4.78, 5) is 25.2. The van der Waals surface area contributed by atoms with E-state index in [1.807, 2.05) is 6.92 Å². The lowest BCUT2D eigenvalue weighted by Crippen LogP contribution is -2.55. The molecule has 0 saturated carbocycles. The molecule has 0 radical (unpaired) electrons. The van der Waals surface area contributed by atoms with Crippen LogP contribution in [0.5, 0.6) is 0 Å². The van der Waals surface area contributed by atoms with Crippen LogP contribution in [-0.4, -0.2) is 14.6 Å². The lowest BCUT2D eigenvalue weighted by Gasteiger charge is -1.92. The number of aryl methyl sites for hydroxylation is 1. The standard InChI is InChI=1S/C6H6N4O2S/c1-2-9-4(11)8-5(12)10-6(9)13-3-7-10/h3H,2H2,1H3/p+1. The van der Waals surface area contributed by atoms with Crippen molar-refractivity contribution in [3.05, 3.63) is 26.5 Å². The number of aromatic nitrogens is 4. The number of hydrogen-bond acceptors (Lipinski definition) is 4. The fraction of sp³-hybridized carbons (Fsp3) is 0.333. The van der Waals surface area contributed by atoms with Crippen LogP contribution in [0.4, 0.5) is 0 Å². The van der Waals surface area contributed by atoms with E-state index in [9.17, 15) is 9.59 Å². The third-order valence-corrected chi connectivity index (χ3v) is 2.50. The summed E-state index contributed by atoms with van der Waals surface area (Å²) in [6, 6.07) is 0. The van der Waals surface area contributed by atoms with Crippen LogP contribution >= 0.6 is 11.3 Å². The van der Waals surface area contributed by atoms with Crippen molar-refractivity contribution in [2.75, 3.05) is 0 Å². The summed E-state index contributed by atoms with van der Waals surface area (Å²) in [6.07, 6.45) is 0. The van der Waals surface area contributed by atoms with Gasteiger partial charge in [0.25, 0.3) is 0 Å². The maximum Gasteiger partial charge on any atom is 0.471 e. The summed E-state index contributed by atoms with van der Waals surface area (Å²) in [5.74, 6) is 0. The second-order valence-electron chi connectivity index (χ2n) is 2.41. The fourth-order valence-electron chi connectivity index (χ4n) is 1.11. The number of rotatable bonds is 1. The molecule has 0 spiro atoms.